The Morgan fingerprint density at radius 3 is 2.63 bits per heavy atom. The zero-order valence-electron chi connectivity index (χ0n) is 10.2. The molecule has 2 aliphatic carbocycles. The van der Waals surface area contributed by atoms with Crippen LogP contribution in [0.4, 0.5) is 5.69 Å². The second-order valence-electron chi connectivity index (χ2n) is 5.07. The lowest BCUT2D eigenvalue weighted by molar-refractivity contribution is -0.146. The third kappa shape index (κ3) is 2.01. The molecule has 98 valence electrons. The van der Waals surface area contributed by atoms with Crippen molar-refractivity contribution >= 4 is 17.6 Å². The maximum atomic E-state index is 12.3. The Hall–Kier alpha value is -2.17. The quantitative estimate of drug-likeness (QED) is 0.806. The predicted molar refractivity (Wildman–Crippen MR) is 68.2 cm³/mol. The van der Waals surface area contributed by atoms with E-state index in [1.165, 1.54) is 0 Å². The minimum absolute atomic E-state index is 0.00727. The van der Waals surface area contributed by atoms with Crippen LogP contribution in [0.25, 0.3) is 0 Å². The number of fused-ring (bicyclic) bond motifs is 2. The lowest BCUT2D eigenvalue weighted by Crippen LogP contribution is -2.36. The zero-order valence-corrected chi connectivity index (χ0v) is 10.2. The monoisotopic (exact) mass is 258 g/mol. The number of anilines is 1. The number of nitrogens with zero attached hydrogens (tertiary/aromatic N) is 1. The van der Waals surface area contributed by atoms with Crippen molar-refractivity contribution in [2.75, 3.05) is 5.32 Å². The third-order valence-electron chi connectivity index (χ3n) is 3.98. The average Bonchev–Trinajstić information content (AvgIpc) is 2.99. The molecular formula is C14H14N2O3. The third-order valence-corrected chi connectivity index (χ3v) is 3.98. The topological polar surface area (TPSA) is 79.3 Å². The Balaban J connectivity index is 1.79. The van der Waals surface area contributed by atoms with Gasteiger partial charge in [-0.3, -0.25) is 14.6 Å². The van der Waals surface area contributed by atoms with Crippen molar-refractivity contribution < 1.29 is 14.7 Å². The van der Waals surface area contributed by atoms with Crippen LogP contribution >= 0.6 is 0 Å². The number of allylic oxidation sites excluding steroid dienone is 2. The Morgan fingerprint density at radius 2 is 2.00 bits per heavy atom. The van der Waals surface area contributed by atoms with Crippen LogP contribution in [0.1, 0.15) is 6.42 Å². The molecule has 3 rings (SSSR count). The van der Waals surface area contributed by atoms with Crippen molar-refractivity contribution in [3.05, 3.63) is 36.7 Å². The largest absolute Gasteiger partial charge is 0.481 e. The first kappa shape index (κ1) is 11.9. The molecule has 1 saturated carbocycles. The van der Waals surface area contributed by atoms with Gasteiger partial charge in [0.05, 0.1) is 23.7 Å². The van der Waals surface area contributed by atoms with E-state index in [1.54, 1.807) is 24.5 Å². The van der Waals surface area contributed by atoms with E-state index in [4.69, 9.17) is 0 Å². The molecule has 0 spiro atoms. The highest BCUT2D eigenvalue weighted by atomic mass is 16.4. The normalized spacial score (nSPS) is 31.4. The minimum Gasteiger partial charge on any atom is -0.481 e. The number of amides is 1. The fourth-order valence-electron chi connectivity index (χ4n) is 3.18. The first-order valence-corrected chi connectivity index (χ1v) is 6.29. The van der Waals surface area contributed by atoms with Gasteiger partial charge in [-0.05, 0) is 30.4 Å². The molecule has 0 radical (unpaired) electrons. The Bertz CT molecular complexity index is 541. The highest BCUT2D eigenvalue weighted by Gasteiger charge is 2.51. The van der Waals surface area contributed by atoms with Crippen molar-refractivity contribution in [2.45, 2.75) is 6.42 Å². The number of carboxylic acid groups (broad SMARTS) is 1. The molecule has 5 nitrogen and oxygen atoms in total. The molecule has 0 aliphatic heterocycles. The number of aromatic nitrogens is 1. The van der Waals surface area contributed by atoms with E-state index in [9.17, 15) is 14.7 Å². The molecule has 0 saturated heterocycles. The summed E-state index contributed by atoms with van der Waals surface area (Å²) >= 11 is 0. The van der Waals surface area contributed by atoms with Gasteiger partial charge < -0.3 is 10.4 Å². The summed E-state index contributed by atoms with van der Waals surface area (Å²) in [6.07, 6.45) is 7.84. The number of carboxylic acids is 1. The van der Waals surface area contributed by atoms with Crippen molar-refractivity contribution in [1.29, 1.82) is 0 Å². The summed E-state index contributed by atoms with van der Waals surface area (Å²) in [5.41, 5.74) is 0.600. The van der Waals surface area contributed by atoms with E-state index >= 15 is 0 Å². The molecule has 1 fully saturated rings. The number of hydrogen-bond donors (Lipinski definition) is 2. The molecule has 1 aromatic rings. The predicted octanol–water partition coefficient (Wildman–Crippen LogP) is 1.54. The van der Waals surface area contributed by atoms with Crippen molar-refractivity contribution in [3.8, 4) is 0 Å². The average molecular weight is 258 g/mol. The van der Waals surface area contributed by atoms with Gasteiger partial charge in [0.2, 0.25) is 5.91 Å². The lowest BCUT2D eigenvalue weighted by Gasteiger charge is -2.23. The number of aliphatic carboxylic acids is 1. The van der Waals surface area contributed by atoms with Crippen LogP contribution in [0.5, 0.6) is 0 Å². The van der Waals surface area contributed by atoms with E-state index in [1.807, 2.05) is 12.2 Å². The second-order valence-corrected chi connectivity index (χ2v) is 5.07. The molecule has 2 N–H and O–H groups in total. The first-order chi connectivity index (χ1) is 9.16. The van der Waals surface area contributed by atoms with Gasteiger partial charge in [0, 0.05) is 6.20 Å². The van der Waals surface area contributed by atoms with Crippen LogP contribution in [0, 0.1) is 23.7 Å². The van der Waals surface area contributed by atoms with Crippen molar-refractivity contribution in [3.63, 3.8) is 0 Å². The van der Waals surface area contributed by atoms with Gasteiger partial charge in [-0.1, -0.05) is 12.2 Å². The van der Waals surface area contributed by atoms with Crippen LogP contribution in [-0.4, -0.2) is 22.0 Å². The van der Waals surface area contributed by atoms with E-state index in [2.05, 4.69) is 10.3 Å². The molecule has 1 heterocycles. The number of rotatable bonds is 3. The summed E-state index contributed by atoms with van der Waals surface area (Å²) < 4.78 is 0. The van der Waals surface area contributed by atoms with Gasteiger partial charge in [-0.2, -0.15) is 0 Å². The molecule has 0 aromatic carbocycles. The zero-order chi connectivity index (χ0) is 13.4. The van der Waals surface area contributed by atoms with Crippen LogP contribution in [0.15, 0.2) is 36.7 Å². The molecule has 4 unspecified atom stereocenters. The number of hydrogen-bond acceptors (Lipinski definition) is 3. The second kappa shape index (κ2) is 4.50. The number of carbonyl (C=O) groups is 2. The summed E-state index contributed by atoms with van der Waals surface area (Å²) in [7, 11) is 0. The molecule has 2 bridgehead atoms. The highest BCUT2D eigenvalue weighted by Crippen LogP contribution is 2.48. The summed E-state index contributed by atoms with van der Waals surface area (Å²) in [6, 6.07) is 3.47. The number of carbonyl (C=O) groups excluding carboxylic acids is 1. The van der Waals surface area contributed by atoms with Gasteiger partial charge in [0.1, 0.15) is 0 Å². The van der Waals surface area contributed by atoms with E-state index in [-0.39, 0.29) is 17.7 Å². The van der Waals surface area contributed by atoms with E-state index < -0.39 is 17.8 Å². The molecule has 4 atom stereocenters. The standard InChI is InChI=1S/C14H14N2O3/c17-13(16-10-2-1-5-15-7-10)11-8-3-4-9(6-8)12(11)14(18)19/h1-5,7-9,11-12H,6H2,(H,16,17)(H,18,19). The van der Waals surface area contributed by atoms with E-state index in [0.717, 1.165) is 6.42 Å². The van der Waals surface area contributed by atoms with Crippen LogP contribution in [0.2, 0.25) is 0 Å². The minimum atomic E-state index is -0.886. The Labute approximate surface area is 110 Å². The first-order valence-electron chi connectivity index (χ1n) is 6.29. The number of pyridine rings is 1. The van der Waals surface area contributed by atoms with Gasteiger partial charge >= 0.3 is 5.97 Å². The van der Waals surface area contributed by atoms with Gasteiger partial charge in [-0.25, -0.2) is 0 Å². The molecule has 19 heavy (non-hydrogen) atoms. The SMILES string of the molecule is O=C(O)C1C2C=CC(C2)C1C(=O)Nc1cccnc1. The smallest absolute Gasteiger partial charge is 0.307 e. The van der Waals surface area contributed by atoms with Gasteiger partial charge in [0.15, 0.2) is 0 Å². The van der Waals surface area contributed by atoms with E-state index in [0.29, 0.717) is 5.69 Å². The molecule has 1 aromatic heterocycles. The summed E-state index contributed by atoms with van der Waals surface area (Å²) in [5, 5.41) is 12.0. The Morgan fingerprint density at radius 1 is 1.26 bits per heavy atom. The molecule has 5 heteroatoms. The lowest BCUT2D eigenvalue weighted by atomic mass is 9.82. The molecule has 2 aliphatic rings. The van der Waals surface area contributed by atoms with Crippen molar-refractivity contribution in [1.82, 2.24) is 4.98 Å². The van der Waals surface area contributed by atoms with Gasteiger partial charge in [-0.15, -0.1) is 0 Å². The Kier molecular flexibility index (Phi) is 2.81. The fraction of sp³-hybridized carbons (Fsp3) is 0.357. The van der Waals surface area contributed by atoms with Crippen molar-refractivity contribution in [2.24, 2.45) is 23.7 Å². The van der Waals surface area contributed by atoms with Gasteiger partial charge in [0.25, 0.3) is 0 Å². The van der Waals surface area contributed by atoms with Crippen LogP contribution < -0.4 is 5.32 Å². The van der Waals surface area contributed by atoms with Crippen LogP contribution in [-0.2, 0) is 9.59 Å². The summed E-state index contributed by atoms with van der Waals surface area (Å²) in [4.78, 5) is 27.5. The highest BCUT2D eigenvalue weighted by molar-refractivity contribution is 5.96. The summed E-state index contributed by atoms with van der Waals surface area (Å²) in [5.74, 6) is -2.16. The molecule has 1 amide bonds. The maximum Gasteiger partial charge on any atom is 0.307 e. The maximum absolute atomic E-state index is 12.3. The van der Waals surface area contributed by atoms with Crippen LogP contribution in [0.3, 0.4) is 0 Å². The summed E-state index contributed by atoms with van der Waals surface area (Å²) in [6.45, 7) is 0. The fourth-order valence-corrected chi connectivity index (χ4v) is 3.18. The number of nitrogens with one attached hydrogen (secondary N) is 1. The molecular weight excluding hydrogens is 244 g/mol.